The Balaban J connectivity index is 1.27. The fourth-order valence-electron chi connectivity index (χ4n) is 7.75. The molecular weight excluding hydrogens is 324 g/mol. The zero-order valence-electron chi connectivity index (χ0n) is 16.3. The highest BCUT2D eigenvalue weighted by Gasteiger charge is 2.63. The summed E-state index contributed by atoms with van der Waals surface area (Å²) in [6.45, 7) is 9.44. The average molecular weight is 357 g/mol. The van der Waals surface area contributed by atoms with E-state index in [4.69, 9.17) is 4.42 Å². The van der Waals surface area contributed by atoms with E-state index in [1.165, 1.54) is 19.3 Å². The van der Waals surface area contributed by atoms with Crippen molar-refractivity contribution in [2.24, 2.45) is 22.2 Å². The zero-order valence-corrected chi connectivity index (χ0v) is 16.3. The van der Waals surface area contributed by atoms with Crippen LogP contribution in [0.1, 0.15) is 58.1 Å². The van der Waals surface area contributed by atoms with Crippen molar-refractivity contribution in [2.45, 2.75) is 58.9 Å². The van der Waals surface area contributed by atoms with Gasteiger partial charge in [0.05, 0.1) is 18.2 Å². The molecule has 4 aliphatic carbocycles. The number of carbonyl (C=O) groups is 1. The second-order valence-corrected chi connectivity index (χ2v) is 10.6. The van der Waals surface area contributed by atoms with E-state index >= 15 is 0 Å². The van der Waals surface area contributed by atoms with Crippen LogP contribution < -0.4 is 0 Å². The Morgan fingerprint density at radius 3 is 2.35 bits per heavy atom. The van der Waals surface area contributed by atoms with Crippen LogP contribution in [0.15, 0.2) is 22.8 Å². The van der Waals surface area contributed by atoms with Gasteiger partial charge in [-0.2, -0.15) is 0 Å². The van der Waals surface area contributed by atoms with Gasteiger partial charge in [0.2, 0.25) is 5.91 Å². The second-order valence-electron chi connectivity index (χ2n) is 10.6. The van der Waals surface area contributed by atoms with E-state index in [0.29, 0.717) is 16.7 Å². The molecule has 1 aromatic heterocycles. The summed E-state index contributed by atoms with van der Waals surface area (Å²) in [6.07, 6.45) is 9.22. The van der Waals surface area contributed by atoms with Gasteiger partial charge in [-0.1, -0.05) is 13.8 Å². The number of amides is 1. The van der Waals surface area contributed by atoms with Crippen LogP contribution in [0.25, 0.3) is 0 Å². The summed E-state index contributed by atoms with van der Waals surface area (Å²) < 4.78 is 5.48. The Hall–Kier alpha value is -1.29. The Kier molecular flexibility index (Phi) is 3.63. The number of hydrogen-bond donors (Lipinski definition) is 0. The maximum absolute atomic E-state index is 13.6. The number of piperazine rings is 1. The van der Waals surface area contributed by atoms with Crippen molar-refractivity contribution in [3.05, 3.63) is 24.2 Å². The van der Waals surface area contributed by atoms with E-state index in [0.717, 1.165) is 63.7 Å². The average Bonchev–Trinajstić information content (AvgIpc) is 3.04. The minimum absolute atomic E-state index is 0.0495. The van der Waals surface area contributed by atoms with Gasteiger partial charge in [0.15, 0.2) is 0 Å². The summed E-state index contributed by atoms with van der Waals surface area (Å²) in [5.74, 6) is 2.29. The molecule has 0 spiro atoms. The Bertz CT molecular complexity index is 671. The standard InChI is InChI=1S/C22H32N2O2/c1-20-10-17-11-21(2,14-20)16-22(12-17,15-20)19(25)24-7-5-23(6-8-24)13-18-4-3-9-26-18/h3-4,9,17H,5-8,10-16H2,1-2H3/t17?,20-,21+,22?. The van der Waals surface area contributed by atoms with E-state index in [2.05, 4.69) is 23.6 Å². The number of hydrogen-bond acceptors (Lipinski definition) is 3. The van der Waals surface area contributed by atoms with Gasteiger partial charge in [-0.05, 0) is 67.4 Å². The van der Waals surface area contributed by atoms with Gasteiger partial charge < -0.3 is 9.32 Å². The van der Waals surface area contributed by atoms with Gasteiger partial charge in [-0.15, -0.1) is 0 Å². The van der Waals surface area contributed by atoms with Crippen LogP contribution in [-0.4, -0.2) is 41.9 Å². The molecular formula is C22H32N2O2. The van der Waals surface area contributed by atoms with Gasteiger partial charge in [-0.3, -0.25) is 9.69 Å². The highest BCUT2D eigenvalue weighted by molar-refractivity contribution is 5.83. The molecule has 4 heteroatoms. The fourth-order valence-corrected chi connectivity index (χ4v) is 7.75. The topological polar surface area (TPSA) is 36.7 Å². The molecule has 0 N–H and O–H groups in total. The van der Waals surface area contributed by atoms with Crippen molar-refractivity contribution in [3.8, 4) is 0 Å². The van der Waals surface area contributed by atoms with Crippen LogP contribution in [0.5, 0.6) is 0 Å². The maximum atomic E-state index is 13.6. The SMILES string of the molecule is C[C@]12CC3CC(C(=O)N4CCN(Cc5ccco5)CC4)(C1)C[C@@](C)(C3)C2. The third kappa shape index (κ3) is 2.72. The highest BCUT2D eigenvalue weighted by atomic mass is 16.3. The molecule has 2 heterocycles. The minimum Gasteiger partial charge on any atom is -0.468 e. The van der Waals surface area contributed by atoms with Crippen molar-refractivity contribution >= 4 is 5.91 Å². The van der Waals surface area contributed by atoms with Crippen molar-refractivity contribution in [2.75, 3.05) is 26.2 Å². The predicted octanol–water partition coefficient (Wildman–Crippen LogP) is 3.92. The summed E-state index contributed by atoms with van der Waals surface area (Å²) in [6, 6.07) is 3.98. The molecule has 5 aliphatic rings. The van der Waals surface area contributed by atoms with E-state index in [9.17, 15) is 4.79 Å². The molecule has 26 heavy (non-hydrogen) atoms. The molecule has 142 valence electrons. The molecule has 4 atom stereocenters. The number of carbonyl (C=O) groups excluding carboxylic acids is 1. The molecule has 2 unspecified atom stereocenters. The van der Waals surface area contributed by atoms with Crippen molar-refractivity contribution in [1.29, 1.82) is 0 Å². The van der Waals surface area contributed by atoms with Crippen LogP contribution in [0.4, 0.5) is 0 Å². The van der Waals surface area contributed by atoms with Gasteiger partial charge in [0.25, 0.3) is 0 Å². The Labute approximate surface area is 156 Å². The summed E-state index contributed by atoms with van der Waals surface area (Å²) in [5, 5.41) is 0. The third-order valence-electron chi connectivity index (χ3n) is 7.70. The van der Waals surface area contributed by atoms with Crippen molar-refractivity contribution < 1.29 is 9.21 Å². The first-order valence-corrected chi connectivity index (χ1v) is 10.4. The van der Waals surface area contributed by atoms with Gasteiger partial charge in [0.1, 0.15) is 5.76 Å². The first-order valence-electron chi connectivity index (χ1n) is 10.4. The summed E-state index contributed by atoms with van der Waals surface area (Å²) >= 11 is 0. The summed E-state index contributed by atoms with van der Waals surface area (Å²) in [4.78, 5) is 18.2. The molecule has 4 nitrogen and oxygen atoms in total. The quantitative estimate of drug-likeness (QED) is 0.824. The van der Waals surface area contributed by atoms with Crippen LogP contribution in [0, 0.1) is 22.2 Å². The lowest BCUT2D eigenvalue weighted by atomic mass is 9.40. The van der Waals surface area contributed by atoms with Gasteiger partial charge >= 0.3 is 0 Å². The molecule has 0 radical (unpaired) electrons. The van der Waals surface area contributed by atoms with E-state index < -0.39 is 0 Å². The van der Waals surface area contributed by atoms with E-state index in [1.54, 1.807) is 6.26 Å². The molecule has 1 amide bonds. The fraction of sp³-hybridized carbons (Fsp3) is 0.773. The summed E-state index contributed by atoms with van der Waals surface area (Å²) in [5.41, 5.74) is 0.766. The van der Waals surface area contributed by atoms with Crippen LogP contribution in [0.2, 0.25) is 0 Å². The molecule has 6 rings (SSSR count). The number of furan rings is 1. The normalized spacial score (nSPS) is 42.4. The molecule has 1 saturated heterocycles. The minimum atomic E-state index is -0.0495. The molecule has 1 aromatic rings. The number of nitrogens with zero attached hydrogens (tertiary/aromatic N) is 2. The lowest BCUT2D eigenvalue weighted by Gasteiger charge is -2.65. The molecule has 1 aliphatic heterocycles. The zero-order chi connectivity index (χ0) is 18.0. The van der Waals surface area contributed by atoms with Crippen LogP contribution >= 0.6 is 0 Å². The van der Waals surface area contributed by atoms with Crippen LogP contribution in [0.3, 0.4) is 0 Å². The van der Waals surface area contributed by atoms with Gasteiger partial charge in [0, 0.05) is 26.2 Å². The van der Waals surface area contributed by atoms with E-state index in [1.807, 2.05) is 12.1 Å². The maximum Gasteiger partial charge on any atom is 0.228 e. The third-order valence-corrected chi connectivity index (χ3v) is 7.70. The van der Waals surface area contributed by atoms with Crippen LogP contribution in [-0.2, 0) is 11.3 Å². The molecule has 5 fully saturated rings. The monoisotopic (exact) mass is 356 g/mol. The van der Waals surface area contributed by atoms with Crippen molar-refractivity contribution in [1.82, 2.24) is 9.80 Å². The lowest BCUT2D eigenvalue weighted by Crippen LogP contribution is -2.62. The summed E-state index contributed by atoms with van der Waals surface area (Å²) in [7, 11) is 0. The Morgan fingerprint density at radius 2 is 1.77 bits per heavy atom. The van der Waals surface area contributed by atoms with Gasteiger partial charge in [-0.25, -0.2) is 0 Å². The first kappa shape index (κ1) is 16.9. The second kappa shape index (κ2) is 5.60. The molecule has 0 aromatic carbocycles. The predicted molar refractivity (Wildman–Crippen MR) is 100 cm³/mol. The number of rotatable bonds is 3. The molecule has 4 saturated carbocycles. The first-order chi connectivity index (χ1) is 12.4. The van der Waals surface area contributed by atoms with E-state index in [-0.39, 0.29) is 5.41 Å². The Morgan fingerprint density at radius 1 is 1.08 bits per heavy atom. The largest absolute Gasteiger partial charge is 0.468 e. The lowest BCUT2D eigenvalue weighted by molar-refractivity contribution is -0.180. The highest BCUT2D eigenvalue weighted by Crippen LogP contribution is 2.69. The van der Waals surface area contributed by atoms with Crippen molar-refractivity contribution in [3.63, 3.8) is 0 Å². The smallest absolute Gasteiger partial charge is 0.228 e. The molecule has 4 bridgehead atoms.